The summed E-state index contributed by atoms with van der Waals surface area (Å²) in [7, 11) is 0. The molecule has 1 heterocycles. The molecule has 1 fully saturated rings. The Hall–Kier alpha value is -4.57. The van der Waals surface area contributed by atoms with Gasteiger partial charge in [0.1, 0.15) is 11.1 Å². The van der Waals surface area contributed by atoms with Crippen molar-refractivity contribution in [2.45, 2.75) is 32.9 Å². The van der Waals surface area contributed by atoms with Gasteiger partial charge in [0.15, 0.2) is 0 Å². The van der Waals surface area contributed by atoms with Crippen molar-refractivity contribution >= 4 is 52.3 Å². The van der Waals surface area contributed by atoms with Crippen LogP contribution in [0.5, 0.6) is 0 Å². The lowest BCUT2D eigenvalue weighted by Gasteiger charge is -2.28. The van der Waals surface area contributed by atoms with Gasteiger partial charge >= 0.3 is 0 Å². The molecule has 10 nitrogen and oxygen atoms in total. The van der Waals surface area contributed by atoms with Gasteiger partial charge in [-0.3, -0.25) is 29.3 Å². The molecule has 194 valence electrons. The fourth-order valence-corrected chi connectivity index (χ4v) is 4.38. The van der Waals surface area contributed by atoms with E-state index in [9.17, 15) is 29.3 Å². The molecule has 0 bridgehead atoms. The first-order valence-electron chi connectivity index (χ1n) is 11.6. The largest absolute Gasteiger partial charge is 0.326 e. The summed E-state index contributed by atoms with van der Waals surface area (Å²) in [5.41, 5.74) is 2.03. The average molecular weight is 535 g/mol. The molecular formula is C27H23ClN4O6. The van der Waals surface area contributed by atoms with Gasteiger partial charge in [0.25, 0.3) is 17.5 Å². The number of hydrogen-bond acceptors (Lipinski definition) is 6. The number of amides is 4. The van der Waals surface area contributed by atoms with Crippen molar-refractivity contribution in [2.24, 2.45) is 0 Å². The standard InChI is InChI=1S/C27H23ClN4O6/c1-16-3-5-18(6-4-16)15-30(26(35)19-7-12-22(28)23(13-19)32(37)38)24-14-25(34)31(27(24)36)21-10-8-20(9-11-21)29-17(2)33/h3-13,24H,14-15H2,1-2H3,(H,29,33). The first-order chi connectivity index (χ1) is 18.0. The van der Waals surface area contributed by atoms with Gasteiger partial charge in [-0.1, -0.05) is 41.4 Å². The van der Waals surface area contributed by atoms with E-state index in [-0.39, 0.29) is 29.5 Å². The Morgan fingerprint density at radius 3 is 2.34 bits per heavy atom. The average Bonchev–Trinajstić information content (AvgIpc) is 3.17. The van der Waals surface area contributed by atoms with Gasteiger partial charge in [-0.15, -0.1) is 0 Å². The van der Waals surface area contributed by atoms with Gasteiger partial charge in [-0.05, 0) is 48.9 Å². The summed E-state index contributed by atoms with van der Waals surface area (Å²) in [6.45, 7) is 3.27. The minimum Gasteiger partial charge on any atom is -0.326 e. The highest BCUT2D eigenvalue weighted by Crippen LogP contribution is 2.31. The molecule has 1 aliphatic heterocycles. The van der Waals surface area contributed by atoms with E-state index in [0.717, 1.165) is 16.5 Å². The summed E-state index contributed by atoms with van der Waals surface area (Å²) in [4.78, 5) is 64.5. The van der Waals surface area contributed by atoms with E-state index in [0.29, 0.717) is 16.9 Å². The van der Waals surface area contributed by atoms with E-state index < -0.39 is 34.4 Å². The first kappa shape index (κ1) is 26.5. The molecule has 4 amide bonds. The van der Waals surface area contributed by atoms with Crippen LogP contribution < -0.4 is 10.2 Å². The lowest BCUT2D eigenvalue weighted by molar-refractivity contribution is -0.384. The predicted molar refractivity (Wildman–Crippen MR) is 141 cm³/mol. The van der Waals surface area contributed by atoms with Crippen molar-refractivity contribution in [3.05, 3.63) is 98.6 Å². The SMILES string of the molecule is CC(=O)Nc1ccc(N2C(=O)CC(N(Cc3ccc(C)cc3)C(=O)c3ccc(Cl)c([N+](=O)[O-])c3)C2=O)cc1. The summed E-state index contributed by atoms with van der Waals surface area (Å²) >= 11 is 5.92. The Morgan fingerprint density at radius 2 is 1.74 bits per heavy atom. The van der Waals surface area contributed by atoms with Crippen molar-refractivity contribution in [1.82, 2.24) is 4.90 Å². The Labute approximate surface area is 222 Å². The molecule has 0 spiro atoms. The number of nitrogens with one attached hydrogen (secondary N) is 1. The molecule has 1 atom stereocenters. The number of nitro benzene ring substituents is 1. The number of carbonyl (C=O) groups excluding carboxylic acids is 4. The van der Waals surface area contributed by atoms with Gasteiger partial charge in [0.05, 0.1) is 17.0 Å². The quantitative estimate of drug-likeness (QED) is 0.270. The maximum absolute atomic E-state index is 13.7. The number of halogens is 1. The normalized spacial score (nSPS) is 14.9. The zero-order chi connectivity index (χ0) is 27.6. The third-order valence-electron chi connectivity index (χ3n) is 6.07. The highest BCUT2D eigenvalue weighted by Gasteiger charge is 2.44. The van der Waals surface area contributed by atoms with E-state index in [4.69, 9.17) is 11.6 Å². The molecule has 1 unspecified atom stereocenters. The van der Waals surface area contributed by atoms with Crippen LogP contribution in [0, 0.1) is 17.0 Å². The van der Waals surface area contributed by atoms with Crippen LogP contribution in [0.1, 0.15) is 34.8 Å². The molecule has 0 saturated carbocycles. The van der Waals surface area contributed by atoms with Crippen molar-refractivity contribution in [1.29, 1.82) is 0 Å². The van der Waals surface area contributed by atoms with Gasteiger partial charge in [0, 0.05) is 30.8 Å². The summed E-state index contributed by atoms with van der Waals surface area (Å²) in [6, 6.07) is 16.0. The number of hydrogen-bond donors (Lipinski definition) is 1. The Bertz CT molecular complexity index is 1440. The van der Waals surface area contributed by atoms with E-state index in [2.05, 4.69) is 5.32 Å². The molecule has 0 aromatic heterocycles. The molecule has 3 aromatic rings. The molecule has 1 N–H and O–H groups in total. The number of anilines is 2. The Morgan fingerprint density at radius 1 is 1.08 bits per heavy atom. The number of nitrogens with zero attached hydrogens (tertiary/aromatic N) is 3. The van der Waals surface area contributed by atoms with Crippen LogP contribution in [0.2, 0.25) is 5.02 Å². The molecule has 0 radical (unpaired) electrons. The Kier molecular flexibility index (Phi) is 7.54. The molecule has 4 rings (SSSR count). The second-order valence-corrected chi connectivity index (χ2v) is 9.26. The lowest BCUT2D eigenvalue weighted by Crippen LogP contribution is -2.45. The maximum Gasteiger partial charge on any atom is 0.288 e. The number of imide groups is 1. The number of aryl methyl sites for hydroxylation is 1. The molecule has 1 saturated heterocycles. The summed E-state index contributed by atoms with van der Waals surface area (Å²) in [5, 5.41) is 13.9. The van der Waals surface area contributed by atoms with E-state index in [1.54, 1.807) is 24.3 Å². The van der Waals surface area contributed by atoms with Crippen molar-refractivity contribution in [2.75, 3.05) is 10.2 Å². The Balaban J connectivity index is 1.69. The van der Waals surface area contributed by atoms with Crippen LogP contribution in [0.15, 0.2) is 66.7 Å². The van der Waals surface area contributed by atoms with Crippen molar-refractivity contribution < 1.29 is 24.1 Å². The fourth-order valence-electron chi connectivity index (χ4n) is 4.19. The minimum atomic E-state index is -1.14. The second kappa shape index (κ2) is 10.8. The maximum atomic E-state index is 13.7. The molecule has 3 aromatic carbocycles. The molecule has 1 aliphatic rings. The second-order valence-electron chi connectivity index (χ2n) is 8.86. The molecule has 38 heavy (non-hydrogen) atoms. The zero-order valence-corrected chi connectivity index (χ0v) is 21.3. The molecular weight excluding hydrogens is 512 g/mol. The highest BCUT2D eigenvalue weighted by molar-refractivity contribution is 6.32. The van der Waals surface area contributed by atoms with Crippen LogP contribution >= 0.6 is 11.6 Å². The third kappa shape index (κ3) is 5.55. The molecule has 0 aliphatic carbocycles. The van der Waals surface area contributed by atoms with Gasteiger partial charge in [0.2, 0.25) is 11.8 Å². The number of nitro groups is 1. The van der Waals surface area contributed by atoms with Crippen LogP contribution in [0.4, 0.5) is 17.1 Å². The molecule has 11 heteroatoms. The van der Waals surface area contributed by atoms with E-state index in [1.807, 2.05) is 19.1 Å². The van der Waals surface area contributed by atoms with Crippen molar-refractivity contribution in [3.63, 3.8) is 0 Å². The van der Waals surface area contributed by atoms with Crippen molar-refractivity contribution in [3.8, 4) is 0 Å². The monoisotopic (exact) mass is 534 g/mol. The topological polar surface area (TPSA) is 130 Å². The van der Waals surface area contributed by atoms with Crippen LogP contribution in [0.25, 0.3) is 0 Å². The summed E-state index contributed by atoms with van der Waals surface area (Å²) in [5.74, 6) is -2.03. The van der Waals surface area contributed by atoms with Crippen LogP contribution in [0.3, 0.4) is 0 Å². The number of carbonyl (C=O) groups is 4. The van der Waals surface area contributed by atoms with Gasteiger partial charge < -0.3 is 10.2 Å². The smallest absolute Gasteiger partial charge is 0.288 e. The zero-order valence-electron chi connectivity index (χ0n) is 20.5. The van der Waals surface area contributed by atoms with Crippen LogP contribution in [-0.2, 0) is 20.9 Å². The van der Waals surface area contributed by atoms with E-state index >= 15 is 0 Å². The fraction of sp³-hybridized carbons (Fsp3) is 0.185. The predicted octanol–water partition coefficient (Wildman–Crippen LogP) is 4.49. The number of benzene rings is 3. The third-order valence-corrected chi connectivity index (χ3v) is 6.39. The van der Waals surface area contributed by atoms with E-state index in [1.165, 1.54) is 36.1 Å². The minimum absolute atomic E-state index is 0.00542. The van der Waals surface area contributed by atoms with Gasteiger partial charge in [-0.2, -0.15) is 0 Å². The van der Waals surface area contributed by atoms with Gasteiger partial charge in [-0.25, -0.2) is 4.90 Å². The summed E-state index contributed by atoms with van der Waals surface area (Å²) < 4.78 is 0. The van der Waals surface area contributed by atoms with Crippen LogP contribution in [-0.4, -0.2) is 39.5 Å². The lowest BCUT2D eigenvalue weighted by atomic mass is 10.1. The first-order valence-corrected chi connectivity index (χ1v) is 12.0. The highest BCUT2D eigenvalue weighted by atomic mass is 35.5. The summed E-state index contributed by atoms with van der Waals surface area (Å²) in [6.07, 6.45) is -0.264. The number of rotatable bonds is 7.